The van der Waals surface area contributed by atoms with Crippen molar-refractivity contribution in [2.75, 3.05) is 20.2 Å². The molecule has 0 radical (unpaired) electrons. The quantitative estimate of drug-likeness (QED) is 0.793. The molecule has 4 nitrogen and oxygen atoms in total. The molecule has 20 heavy (non-hydrogen) atoms. The first-order valence-corrected chi connectivity index (χ1v) is 6.39. The van der Waals surface area contributed by atoms with Gasteiger partial charge in [0.1, 0.15) is 0 Å². The van der Waals surface area contributed by atoms with E-state index in [2.05, 4.69) is 4.74 Å². The summed E-state index contributed by atoms with van der Waals surface area (Å²) in [6, 6.07) is 4.08. The summed E-state index contributed by atoms with van der Waals surface area (Å²) in [5.41, 5.74) is 0.266. The van der Waals surface area contributed by atoms with Gasteiger partial charge in [-0.2, -0.15) is 0 Å². The van der Waals surface area contributed by atoms with Crippen molar-refractivity contribution < 1.29 is 23.0 Å². The fourth-order valence-corrected chi connectivity index (χ4v) is 2.34. The monoisotopic (exact) mass is 285 g/mol. The first-order chi connectivity index (χ1) is 9.51. The lowest BCUT2D eigenvalue weighted by atomic mass is 10.1. The number of esters is 1. The Morgan fingerprint density at radius 1 is 1.45 bits per heavy atom. The molecule has 0 N–H and O–H groups in total. The molecule has 0 amide bonds. The summed E-state index contributed by atoms with van der Waals surface area (Å²) in [5, 5.41) is 0. The molecular weight excluding hydrogens is 268 g/mol. The van der Waals surface area contributed by atoms with E-state index in [0.29, 0.717) is 13.1 Å². The van der Waals surface area contributed by atoms with E-state index in [1.165, 1.54) is 19.2 Å². The van der Waals surface area contributed by atoms with Gasteiger partial charge in [-0.15, -0.1) is 0 Å². The Hall–Kier alpha value is -1.53. The minimum atomic E-state index is -0.867. The van der Waals surface area contributed by atoms with Gasteiger partial charge >= 0.3 is 5.97 Å². The largest absolute Gasteiger partial charge is 0.467 e. The number of benzene rings is 1. The SMILES string of the molecule is COC(=O)[C@@H]1CN(Cc2cccc(F)c2F)C[C@@H](C)O1. The maximum atomic E-state index is 13.7. The van der Waals surface area contributed by atoms with Crippen molar-refractivity contribution in [3.63, 3.8) is 0 Å². The van der Waals surface area contributed by atoms with Crippen LogP contribution in [0.4, 0.5) is 8.78 Å². The fourth-order valence-electron chi connectivity index (χ4n) is 2.34. The number of hydrogen-bond donors (Lipinski definition) is 0. The average molecular weight is 285 g/mol. The molecule has 1 aromatic rings. The smallest absolute Gasteiger partial charge is 0.336 e. The van der Waals surface area contributed by atoms with Crippen molar-refractivity contribution in [1.82, 2.24) is 4.90 Å². The number of methoxy groups -OCH3 is 1. The fraction of sp³-hybridized carbons (Fsp3) is 0.500. The molecule has 1 aromatic carbocycles. The minimum Gasteiger partial charge on any atom is -0.467 e. The van der Waals surface area contributed by atoms with Crippen LogP contribution in [0.25, 0.3) is 0 Å². The van der Waals surface area contributed by atoms with Gasteiger partial charge in [0.2, 0.25) is 0 Å². The Labute approximate surface area is 116 Å². The van der Waals surface area contributed by atoms with Gasteiger partial charge in [0, 0.05) is 25.2 Å². The average Bonchev–Trinajstić information content (AvgIpc) is 2.42. The molecule has 1 fully saturated rings. The van der Waals surface area contributed by atoms with Crippen LogP contribution >= 0.6 is 0 Å². The second kappa shape index (κ2) is 6.28. The third-order valence-electron chi connectivity index (χ3n) is 3.23. The number of morpholine rings is 1. The zero-order valence-corrected chi connectivity index (χ0v) is 11.4. The van der Waals surface area contributed by atoms with Crippen LogP contribution in [0.5, 0.6) is 0 Å². The number of nitrogens with zero attached hydrogens (tertiary/aromatic N) is 1. The Morgan fingerprint density at radius 2 is 2.20 bits per heavy atom. The molecule has 1 aliphatic heterocycles. The summed E-state index contributed by atoms with van der Waals surface area (Å²) < 4.78 is 37.0. The molecule has 110 valence electrons. The zero-order chi connectivity index (χ0) is 14.7. The van der Waals surface area contributed by atoms with E-state index in [1.54, 1.807) is 0 Å². The Balaban J connectivity index is 2.08. The van der Waals surface area contributed by atoms with Crippen molar-refractivity contribution in [2.24, 2.45) is 0 Å². The van der Waals surface area contributed by atoms with Crippen LogP contribution in [-0.4, -0.2) is 43.3 Å². The van der Waals surface area contributed by atoms with E-state index in [0.717, 1.165) is 6.07 Å². The number of halogens is 2. The molecule has 0 saturated carbocycles. The Kier molecular flexibility index (Phi) is 4.67. The van der Waals surface area contributed by atoms with Crippen LogP contribution in [0.3, 0.4) is 0 Å². The van der Waals surface area contributed by atoms with Gasteiger partial charge in [0.05, 0.1) is 13.2 Å². The van der Waals surface area contributed by atoms with Crippen LogP contribution in [-0.2, 0) is 20.8 Å². The summed E-state index contributed by atoms with van der Waals surface area (Å²) >= 11 is 0. The summed E-state index contributed by atoms with van der Waals surface area (Å²) in [5.74, 6) is -2.17. The highest BCUT2D eigenvalue weighted by molar-refractivity contribution is 5.74. The van der Waals surface area contributed by atoms with Gasteiger partial charge in [-0.3, -0.25) is 4.90 Å². The first kappa shape index (κ1) is 14.9. The van der Waals surface area contributed by atoms with E-state index in [1.807, 2.05) is 11.8 Å². The highest BCUT2D eigenvalue weighted by Gasteiger charge is 2.31. The Morgan fingerprint density at radius 3 is 2.90 bits per heavy atom. The van der Waals surface area contributed by atoms with E-state index in [9.17, 15) is 13.6 Å². The highest BCUT2D eigenvalue weighted by Crippen LogP contribution is 2.18. The molecule has 1 heterocycles. The summed E-state index contributed by atoms with van der Waals surface area (Å²) in [4.78, 5) is 13.4. The normalized spacial score (nSPS) is 23.6. The predicted molar refractivity (Wildman–Crippen MR) is 68.0 cm³/mol. The number of carbonyl (C=O) groups is 1. The lowest BCUT2D eigenvalue weighted by Gasteiger charge is -2.35. The standard InChI is InChI=1S/C14H17F2NO3/c1-9-6-17(8-12(20-9)14(18)19-2)7-10-4-3-5-11(15)13(10)16/h3-5,9,12H,6-8H2,1-2H3/t9-,12+/m1/s1. The molecule has 6 heteroatoms. The molecule has 1 aliphatic rings. The van der Waals surface area contributed by atoms with Gasteiger partial charge in [-0.05, 0) is 13.0 Å². The molecule has 2 rings (SSSR count). The van der Waals surface area contributed by atoms with Gasteiger partial charge < -0.3 is 9.47 Å². The second-order valence-electron chi connectivity index (χ2n) is 4.87. The molecular formula is C14H17F2NO3. The third kappa shape index (κ3) is 3.32. The predicted octanol–water partition coefficient (Wildman–Crippen LogP) is 1.73. The zero-order valence-electron chi connectivity index (χ0n) is 11.4. The number of ether oxygens (including phenoxy) is 2. The number of carbonyl (C=O) groups excluding carboxylic acids is 1. The van der Waals surface area contributed by atoms with Crippen molar-refractivity contribution >= 4 is 5.97 Å². The summed E-state index contributed by atoms with van der Waals surface area (Å²) in [6.07, 6.45) is -0.871. The summed E-state index contributed by atoms with van der Waals surface area (Å²) in [7, 11) is 1.29. The van der Waals surface area contributed by atoms with Crippen LogP contribution in [0.15, 0.2) is 18.2 Å². The van der Waals surface area contributed by atoms with Crippen LogP contribution in [0.2, 0.25) is 0 Å². The van der Waals surface area contributed by atoms with Crippen molar-refractivity contribution in [1.29, 1.82) is 0 Å². The van der Waals surface area contributed by atoms with Gasteiger partial charge in [-0.1, -0.05) is 12.1 Å². The molecule has 1 saturated heterocycles. The molecule has 0 unspecified atom stereocenters. The first-order valence-electron chi connectivity index (χ1n) is 6.39. The second-order valence-corrected chi connectivity index (χ2v) is 4.87. The third-order valence-corrected chi connectivity index (χ3v) is 3.23. The van der Waals surface area contributed by atoms with Crippen molar-refractivity contribution in [3.8, 4) is 0 Å². The molecule has 0 bridgehead atoms. The maximum absolute atomic E-state index is 13.7. The molecule has 2 atom stereocenters. The minimum absolute atomic E-state index is 0.176. The van der Waals surface area contributed by atoms with Crippen LogP contribution < -0.4 is 0 Å². The highest BCUT2D eigenvalue weighted by atomic mass is 19.2. The topological polar surface area (TPSA) is 38.8 Å². The van der Waals surface area contributed by atoms with Gasteiger partial charge in [0.15, 0.2) is 17.7 Å². The molecule has 0 aliphatic carbocycles. The van der Waals surface area contributed by atoms with E-state index in [4.69, 9.17) is 4.74 Å². The summed E-state index contributed by atoms with van der Waals surface area (Å²) in [6.45, 7) is 2.89. The van der Waals surface area contributed by atoms with Gasteiger partial charge in [-0.25, -0.2) is 13.6 Å². The lowest BCUT2D eigenvalue weighted by molar-refractivity contribution is -0.166. The van der Waals surface area contributed by atoms with E-state index < -0.39 is 23.7 Å². The van der Waals surface area contributed by atoms with E-state index in [-0.39, 0.29) is 18.2 Å². The van der Waals surface area contributed by atoms with Crippen molar-refractivity contribution in [2.45, 2.75) is 25.7 Å². The molecule has 0 spiro atoms. The Bertz CT molecular complexity index is 495. The maximum Gasteiger partial charge on any atom is 0.336 e. The number of hydrogen-bond acceptors (Lipinski definition) is 4. The van der Waals surface area contributed by atoms with Crippen LogP contribution in [0.1, 0.15) is 12.5 Å². The van der Waals surface area contributed by atoms with E-state index >= 15 is 0 Å². The lowest BCUT2D eigenvalue weighted by Crippen LogP contribution is -2.49. The number of rotatable bonds is 3. The molecule has 0 aromatic heterocycles. The van der Waals surface area contributed by atoms with Crippen molar-refractivity contribution in [3.05, 3.63) is 35.4 Å². The van der Waals surface area contributed by atoms with Crippen LogP contribution in [0, 0.1) is 11.6 Å². The van der Waals surface area contributed by atoms with Gasteiger partial charge in [0.25, 0.3) is 0 Å².